The maximum Gasteiger partial charge on any atom is 0.104 e. The Morgan fingerprint density at radius 3 is 2.57 bits per heavy atom. The summed E-state index contributed by atoms with van der Waals surface area (Å²) in [7, 11) is 0. The van der Waals surface area contributed by atoms with Gasteiger partial charge in [0.15, 0.2) is 0 Å². The standard InChI is InChI=1S/C16H16Cl2N2S/c1-10-8-13(4-5-14(10)16(19)21)20-7-6-11-2-3-12(17)9-15(11)18/h2-5,8-9,20H,6-7H2,1H3,(H2,19,21). The summed E-state index contributed by atoms with van der Waals surface area (Å²) < 4.78 is 0. The van der Waals surface area contributed by atoms with E-state index in [1.165, 1.54) is 0 Å². The van der Waals surface area contributed by atoms with Crippen LogP contribution in [0.1, 0.15) is 16.7 Å². The summed E-state index contributed by atoms with van der Waals surface area (Å²) in [6.45, 7) is 2.78. The molecule has 5 heteroatoms. The first-order chi connectivity index (χ1) is 9.97. The molecule has 0 aromatic heterocycles. The monoisotopic (exact) mass is 338 g/mol. The number of aryl methyl sites for hydroxylation is 1. The highest BCUT2D eigenvalue weighted by molar-refractivity contribution is 7.80. The minimum absolute atomic E-state index is 0.423. The first-order valence-corrected chi connectivity index (χ1v) is 7.72. The molecule has 0 saturated carbocycles. The fraction of sp³-hybridized carbons (Fsp3) is 0.188. The normalized spacial score (nSPS) is 10.4. The topological polar surface area (TPSA) is 38.0 Å². The molecule has 2 nitrogen and oxygen atoms in total. The van der Waals surface area contributed by atoms with E-state index in [1.54, 1.807) is 6.07 Å². The van der Waals surface area contributed by atoms with Crippen molar-refractivity contribution >= 4 is 46.1 Å². The molecule has 0 amide bonds. The molecule has 0 heterocycles. The van der Waals surface area contributed by atoms with E-state index in [1.807, 2.05) is 37.3 Å². The minimum Gasteiger partial charge on any atom is -0.389 e. The molecule has 2 aromatic carbocycles. The quantitative estimate of drug-likeness (QED) is 0.783. The Kier molecular flexibility index (Phi) is 5.45. The molecule has 0 spiro atoms. The average Bonchev–Trinajstić information content (AvgIpc) is 2.41. The second-order valence-corrected chi connectivity index (χ2v) is 6.09. The summed E-state index contributed by atoms with van der Waals surface area (Å²) in [4.78, 5) is 0.423. The number of halogens is 2. The van der Waals surface area contributed by atoms with Gasteiger partial charge in [-0.25, -0.2) is 0 Å². The Labute approximate surface area is 140 Å². The Morgan fingerprint density at radius 1 is 1.19 bits per heavy atom. The van der Waals surface area contributed by atoms with Crippen LogP contribution in [0.2, 0.25) is 10.0 Å². The highest BCUT2D eigenvalue weighted by Crippen LogP contribution is 2.21. The summed E-state index contributed by atoms with van der Waals surface area (Å²) in [6.07, 6.45) is 0.825. The van der Waals surface area contributed by atoms with Crippen LogP contribution in [0.25, 0.3) is 0 Å². The van der Waals surface area contributed by atoms with Crippen molar-refractivity contribution in [3.05, 3.63) is 63.1 Å². The van der Waals surface area contributed by atoms with Gasteiger partial charge < -0.3 is 11.1 Å². The third kappa shape index (κ3) is 4.34. The number of nitrogens with two attached hydrogens (primary N) is 1. The van der Waals surface area contributed by atoms with Gasteiger partial charge in [-0.05, 0) is 54.8 Å². The van der Waals surface area contributed by atoms with Crippen LogP contribution in [0.3, 0.4) is 0 Å². The number of nitrogens with one attached hydrogen (secondary N) is 1. The fourth-order valence-corrected chi connectivity index (χ4v) is 2.85. The van der Waals surface area contributed by atoms with E-state index >= 15 is 0 Å². The van der Waals surface area contributed by atoms with Gasteiger partial charge in [0.1, 0.15) is 4.99 Å². The second-order valence-electron chi connectivity index (χ2n) is 4.81. The average molecular weight is 339 g/mol. The van der Waals surface area contributed by atoms with E-state index in [0.29, 0.717) is 15.0 Å². The SMILES string of the molecule is Cc1cc(NCCc2ccc(Cl)cc2Cl)ccc1C(N)=S. The lowest BCUT2D eigenvalue weighted by Crippen LogP contribution is -2.12. The van der Waals surface area contributed by atoms with Gasteiger partial charge in [-0.3, -0.25) is 0 Å². The number of benzene rings is 2. The molecule has 0 radical (unpaired) electrons. The van der Waals surface area contributed by atoms with Gasteiger partial charge in [0.05, 0.1) is 0 Å². The summed E-state index contributed by atoms with van der Waals surface area (Å²) in [5, 5.41) is 4.72. The van der Waals surface area contributed by atoms with Gasteiger partial charge in [-0.2, -0.15) is 0 Å². The van der Waals surface area contributed by atoms with Crippen molar-refractivity contribution in [3.63, 3.8) is 0 Å². The minimum atomic E-state index is 0.423. The highest BCUT2D eigenvalue weighted by Gasteiger charge is 2.04. The van der Waals surface area contributed by atoms with Crippen molar-refractivity contribution in [2.75, 3.05) is 11.9 Å². The summed E-state index contributed by atoms with van der Waals surface area (Å²) in [5.74, 6) is 0. The molecule has 2 aromatic rings. The molecule has 0 fully saturated rings. The predicted molar refractivity (Wildman–Crippen MR) is 95.7 cm³/mol. The van der Waals surface area contributed by atoms with Crippen molar-refractivity contribution in [2.45, 2.75) is 13.3 Å². The number of hydrogen-bond donors (Lipinski definition) is 2. The summed E-state index contributed by atoms with van der Waals surface area (Å²) in [6, 6.07) is 11.5. The highest BCUT2D eigenvalue weighted by atomic mass is 35.5. The number of anilines is 1. The zero-order valence-corrected chi connectivity index (χ0v) is 13.9. The first kappa shape index (κ1) is 16.1. The van der Waals surface area contributed by atoms with Crippen LogP contribution in [0.15, 0.2) is 36.4 Å². The number of hydrogen-bond acceptors (Lipinski definition) is 2. The Morgan fingerprint density at radius 2 is 1.95 bits per heavy atom. The third-order valence-electron chi connectivity index (χ3n) is 3.23. The molecule has 2 rings (SSSR count). The van der Waals surface area contributed by atoms with Gasteiger partial charge in [0.25, 0.3) is 0 Å². The molecule has 21 heavy (non-hydrogen) atoms. The van der Waals surface area contributed by atoms with Crippen LogP contribution < -0.4 is 11.1 Å². The van der Waals surface area contributed by atoms with E-state index in [4.69, 9.17) is 41.2 Å². The van der Waals surface area contributed by atoms with Crippen LogP contribution in [0.4, 0.5) is 5.69 Å². The van der Waals surface area contributed by atoms with E-state index in [2.05, 4.69) is 5.32 Å². The van der Waals surface area contributed by atoms with E-state index in [-0.39, 0.29) is 0 Å². The Hall–Kier alpha value is -1.29. The van der Waals surface area contributed by atoms with Gasteiger partial charge in [-0.1, -0.05) is 41.5 Å². The zero-order chi connectivity index (χ0) is 15.4. The van der Waals surface area contributed by atoms with Crippen molar-refractivity contribution in [2.24, 2.45) is 5.73 Å². The molecule has 0 saturated heterocycles. The molecule has 110 valence electrons. The molecule has 0 aliphatic heterocycles. The largest absolute Gasteiger partial charge is 0.389 e. The van der Waals surface area contributed by atoms with E-state index in [0.717, 1.165) is 35.3 Å². The maximum atomic E-state index is 6.15. The molecule has 0 aliphatic rings. The zero-order valence-electron chi connectivity index (χ0n) is 11.6. The third-order valence-corrected chi connectivity index (χ3v) is 4.04. The maximum absolute atomic E-state index is 6.15. The molecule has 0 aliphatic carbocycles. The summed E-state index contributed by atoms with van der Waals surface area (Å²) in [5.41, 5.74) is 9.75. The van der Waals surface area contributed by atoms with Crippen molar-refractivity contribution < 1.29 is 0 Å². The molecule has 0 bridgehead atoms. The Bertz CT molecular complexity index is 671. The van der Waals surface area contributed by atoms with E-state index in [9.17, 15) is 0 Å². The number of rotatable bonds is 5. The fourth-order valence-electron chi connectivity index (χ4n) is 2.12. The lowest BCUT2D eigenvalue weighted by molar-refractivity contribution is 1.02. The molecule has 0 unspecified atom stereocenters. The van der Waals surface area contributed by atoms with Gasteiger partial charge in [0.2, 0.25) is 0 Å². The van der Waals surface area contributed by atoms with Crippen LogP contribution >= 0.6 is 35.4 Å². The molecule has 3 N–H and O–H groups in total. The van der Waals surface area contributed by atoms with Gasteiger partial charge >= 0.3 is 0 Å². The van der Waals surface area contributed by atoms with Crippen LogP contribution in [-0.4, -0.2) is 11.5 Å². The van der Waals surface area contributed by atoms with Crippen LogP contribution in [0.5, 0.6) is 0 Å². The molecular formula is C16H16Cl2N2S. The first-order valence-electron chi connectivity index (χ1n) is 6.55. The van der Waals surface area contributed by atoms with Crippen molar-refractivity contribution in [1.29, 1.82) is 0 Å². The van der Waals surface area contributed by atoms with Crippen molar-refractivity contribution in [1.82, 2.24) is 0 Å². The van der Waals surface area contributed by atoms with Gasteiger partial charge in [-0.15, -0.1) is 0 Å². The van der Waals surface area contributed by atoms with Crippen molar-refractivity contribution in [3.8, 4) is 0 Å². The number of thiocarbonyl (C=S) groups is 1. The van der Waals surface area contributed by atoms with E-state index < -0.39 is 0 Å². The van der Waals surface area contributed by atoms with Crippen LogP contribution in [0, 0.1) is 6.92 Å². The molecular weight excluding hydrogens is 323 g/mol. The van der Waals surface area contributed by atoms with Crippen LogP contribution in [-0.2, 0) is 6.42 Å². The Balaban J connectivity index is 1.97. The second kappa shape index (κ2) is 7.12. The lowest BCUT2D eigenvalue weighted by atomic mass is 10.1. The lowest BCUT2D eigenvalue weighted by Gasteiger charge is -2.10. The predicted octanol–water partition coefficient (Wildman–Crippen LogP) is 4.59. The molecule has 0 atom stereocenters. The smallest absolute Gasteiger partial charge is 0.104 e. The summed E-state index contributed by atoms with van der Waals surface area (Å²) >= 11 is 17.0. The van der Waals surface area contributed by atoms with Gasteiger partial charge in [0, 0.05) is 27.8 Å².